The Morgan fingerprint density at radius 1 is 0.280 bits per heavy atom. The molecule has 1 aliphatic rings. The van der Waals surface area contributed by atoms with Crippen molar-refractivity contribution in [2.45, 2.75) is 0 Å². The van der Waals surface area contributed by atoms with Crippen LogP contribution in [0.25, 0.3) is 110 Å². The molecule has 0 atom stereocenters. The molecule has 1 aliphatic carbocycles. The van der Waals surface area contributed by atoms with Gasteiger partial charge in [0.15, 0.2) is 0 Å². The third kappa shape index (κ3) is 3.32. The molecule has 2 heteroatoms. The molecule has 0 unspecified atom stereocenters. The first-order valence-electron chi connectivity index (χ1n) is 17.4. The monoisotopic (exact) mass is 632 g/mol. The van der Waals surface area contributed by atoms with E-state index >= 15 is 0 Å². The van der Waals surface area contributed by atoms with Crippen LogP contribution in [0.2, 0.25) is 0 Å². The van der Waals surface area contributed by atoms with Crippen LogP contribution in [0.15, 0.2) is 170 Å². The Bertz CT molecular complexity index is 3260. The average Bonchev–Trinajstić information content (AvgIpc) is 3.81. The number of fused-ring (bicyclic) bond motifs is 13. The first kappa shape index (κ1) is 26.3. The highest BCUT2D eigenvalue weighted by molar-refractivity contribution is 6.26. The molecule has 0 bridgehead atoms. The standard InChI is InChI=1S/C48H28N2/c1-3-13-34-29(10-1)21-24-45-47(34)40-23-20-30-11-2-4-14-35(30)48(40)50(45)32-22-25-44-41(27-32)38-17-7-8-19-43(38)49(44)33-26-31-12-9-18-39-36-15-5-6-16-37(36)42(28-33)46(31)39/h1-28H. The number of benzene rings is 9. The van der Waals surface area contributed by atoms with E-state index in [-0.39, 0.29) is 0 Å². The van der Waals surface area contributed by atoms with Crippen LogP contribution in [0.1, 0.15) is 0 Å². The van der Waals surface area contributed by atoms with E-state index in [0.717, 1.165) is 0 Å². The number of rotatable bonds is 2. The van der Waals surface area contributed by atoms with Crippen molar-refractivity contribution in [3.8, 4) is 33.6 Å². The molecule has 2 aromatic heterocycles. The molecule has 0 amide bonds. The molecular formula is C48H28N2. The van der Waals surface area contributed by atoms with Crippen LogP contribution in [0, 0.1) is 0 Å². The minimum Gasteiger partial charge on any atom is -0.309 e. The van der Waals surface area contributed by atoms with Gasteiger partial charge in [0, 0.05) is 38.3 Å². The summed E-state index contributed by atoms with van der Waals surface area (Å²) in [7, 11) is 0. The SMILES string of the molecule is c1ccc2c(c1)-c1cccc3cc(-n4c5ccccc5c5cc(-n6c7ccc8ccccc8c7c7ccc8ccccc8c76)ccc54)cc-2c13. The van der Waals surface area contributed by atoms with Crippen molar-refractivity contribution in [1.29, 1.82) is 0 Å². The Kier molecular flexibility index (Phi) is 5.00. The second-order valence-corrected chi connectivity index (χ2v) is 13.7. The normalized spacial score (nSPS) is 12.4. The molecule has 230 valence electrons. The van der Waals surface area contributed by atoms with Gasteiger partial charge in [-0.3, -0.25) is 0 Å². The van der Waals surface area contributed by atoms with E-state index in [0.29, 0.717) is 0 Å². The molecule has 0 spiro atoms. The smallest absolute Gasteiger partial charge is 0.0619 e. The summed E-state index contributed by atoms with van der Waals surface area (Å²) >= 11 is 0. The Hall–Kier alpha value is -6.64. The number of hydrogen-bond donors (Lipinski definition) is 0. The van der Waals surface area contributed by atoms with E-state index in [9.17, 15) is 0 Å². The maximum absolute atomic E-state index is 2.50. The lowest BCUT2D eigenvalue weighted by Crippen LogP contribution is -1.97. The van der Waals surface area contributed by atoms with Crippen molar-refractivity contribution >= 4 is 75.9 Å². The predicted octanol–water partition coefficient (Wildman–Crippen LogP) is 13.0. The molecule has 0 radical (unpaired) electrons. The first-order valence-corrected chi connectivity index (χ1v) is 17.4. The van der Waals surface area contributed by atoms with Crippen LogP contribution in [0.4, 0.5) is 0 Å². The van der Waals surface area contributed by atoms with Gasteiger partial charge in [0.25, 0.3) is 0 Å². The van der Waals surface area contributed by atoms with E-state index < -0.39 is 0 Å². The third-order valence-corrected chi connectivity index (χ3v) is 11.2. The lowest BCUT2D eigenvalue weighted by molar-refractivity contribution is 1.17. The number of aromatic nitrogens is 2. The molecular weight excluding hydrogens is 605 g/mol. The van der Waals surface area contributed by atoms with Crippen molar-refractivity contribution in [2.75, 3.05) is 0 Å². The zero-order valence-corrected chi connectivity index (χ0v) is 27.1. The second kappa shape index (κ2) is 9.49. The summed E-state index contributed by atoms with van der Waals surface area (Å²) in [5, 5.41) is 12.8. The fourth-order valence-electron chi connectivity index (χ4n) is 9.12. The molecule has 0 fully saturated rings. The van der Waals surface area contributed by atoms with Crippen molar-refractivity contribution in [3.63, 3.8) is 0 Å². The van der Waals surface area contributed by atoms with E-state index in [1.165, 1.54) is 110 Å². The van der Waals surface area contributed by atoms with Crippen LogP contribution in [-0.4, -0.2) is 9.13 Å². The van der Waals surface area contributed by atoms with Crippen molar-refractivity contribution in [3.05, 3.63) is 170 Å². The van der Waals surface area contributed by atoms with Crippen molar-refractivity contribution < 1.29 is 0 Å². The number of nitrogens with zero attached hydrogens (tertiary/aromatic N) is 2. The average molecular weight is 633 g/mol. The Morgan fingerprint density at radius 3 is 1.80 bits per heavy atom. The highest BCUT2D eigenvalue weighted by Gasteiger charge is 2.23. The number of para-hydroxylation sites is 1. The molecule has 2 heterocycles. The van der Waals surface area contributed by atoms with Crippen LogP contribution < -0.4 is 0 Å². The van der Waals surface area contributed by atoms with E-state index in [1.54, 1.807) is 0 Å². The molecule has 9 aromatic carbocycles. The maximum Gasteiger partial charge on any atom is 0.0619 e. The number of hydrogen-bond acceptors (Lipinski definition) is 0. The Labute approximate surface area is 287 Å². The lowest BCUT2D eigenvalue weighted by Gasteiger charge is -2.13. The first-order chi connectivity index (χ1) is 24.8. The third-order valence-electron chi connectivity index (χ3n) is 11.2. The highest BCUT2D eigenvalue weighted by atomic mass is 15.0. The van der Waals surface area contributed by atoms with Crippen LogP contribution in [0.5, 0.6) is 0 Å². The molecule has 0 saturated heterocycles. The summed E-state index contributed by atoms with van der Waals surface area (Å²) < 4.78 is 4.97. The van der Waals surface area contributed by atoms with Crippen LogP contribution in [-0.2, 0) is 0 Å². The zero-order valence-electron chi connectivity index (χ0n) is 27.1. The summed E-state index contributed by atoms with van der Waals surface area (Å²) in [6, 6.07) is 63.0. The van der Waals surface area contributed by atoms with Gasteiger partial charge in [-0.15, -0.1) is 0 Å². The lowest BCUT2D eigenvalue weighted by atomic mass is 10.0. The van der Waals surface area contributed by atoms with E-state index in [1.807, 2.05) is 0 Å². The van der Waals surface area contributed by atoms with Gasteiger partial charge in [0.1, 0.15) is 0 Å². The highest BCUT2D eigenvalue weighted by Crippen LogP contribution is 2.49. The molecule has 0 N–H and O–H groups in total. The van der Waals surface area contributed by atoms with Gasteiger partial charge in [-0.25, -0.2) is 0 Å². The van der Waals surface area contributed by atoms with Gasteiger partial charge >= 0.3 is 0 Å². The van der Waals surface area contributed by atoms with Gasteiger partial charge in [-0.2, -0.15) is 0 Å². The van der Waals surface area contributed by atoms with Crippen LogP contribution in [0.3, 0.4) is 0 Å². The minimum atomic E-state index is 1.17. The van der Waals surface area contributed by atoms with Crippen LogP contribution >= 0.6 is 0 Å². The second-order valence-electron chi connectivity index (χ2n) is 13.7. The fraction of sp³-hybridized carbons (Fsp3) is 0. The van der Waals surface area contributed by atoms with Gasteiger partial charge in [0.05, 0.1) is 22.1 Å². The Balaban J connectivity index is 1.17. The van der Waals surface area contributed by atoms with Gasteiger partial charge in [-0.1, -0.05) is 127 Å². The zero-order chi connectivity index (χ0) is 32.5. The van der Waals surface area contributed by atoms with Gasteiger partial charge in [0.2, 0.25) is 0 Å². The molecule has 0 aliphatic heterocycles. The van der Waals surface area contributed by atoms with E-state index in [4.69, 9.17) is 0 Å². The predicted molar refractivity (Wildman–Crippen MR) is 212 cm³/mol. The molecule has 0 saturated carbocycles. The Morgan fingerprint density at radius 2 is 0.920 bits per heavy atom. The fourth-order valence-corrected chi connectivity index (χ4v) is 9.12. The quantitative estimate of drug-likeness (QED) is 0.179. The van der Waals surface area contributed by atoms with E-state index in [2.05, 4.69) is 179 Å². The minimum absolute atomic E-state index is 1.17. The maximum atomic E-state index is 2.50. The van der Waals surface area contributed by atoms with Crippen molar-refractivity contribution in [1.82, 2.24) is 9.13 Å². The van der Waals surface area contributed by atoms with Gasteiger partial charge in [-0.05, 0) is 91.6 Å². The summed E-state index contributed by atoms with van der Waals surface area (Å²) in [5.74, 6) is 0. The molecule has 12 rings (SSSR count). The summed E-state index contributed by atoms with van der Waals surface area (Å²) in [5.41, 5.74) is 12.5. The molecule has 2 nitrogen and oxygen atoms in total. The molecule has 11 aromatic rings. The molecule has 50 heavy (non-hydrogen) atoms. The summed E-state index contributed by atoms with van der Waals surface area (Å²) in [6.45, 7) is 0. The largest absolute Gasteiger partial charge is 0.309 e. The summed E-state index contributed by atoms with van der Waals surface area (Å²) in [6.07, 6.45) is 0. The van der Waals surface area contributed by atoms with Gasteiger partial charge < -0.3 is 9.13 Å². The summed E-state index contributed by atoms with van der Waals surface area (Å²) in [4.78, 5) is 0. The van der Waals surface area contributed by atoms with Crippen molar-refractivity contribution in [2.24, 2.45) is 0 Å². The topological polar surface area (TPSA) is 9.86 Å².